The van der Waals surface area contributed by atoms with Crippen molar-refractivity contribution in [2.75, 3.05) is 33.0 Å². The van der Waals surface area contributed by atoms with E-state index in [4.69, 9.17) is 4.74 Å². The minimum atomic E-state index is -3.88. The Morgan fingerprint density at radius 1 is 1.24 bits per heavy atom. The summed E-state index contributed by atoms with van der Waals surface area (Å²) < 4.78 is 52.4. The molecule has 208 valence electrons. The van der Waals surface area contributed by atoms with E-state index in [1.165, 1.54) is 28.2 Å². The number of piperidine rings is 1. The molecule has 3 heterocycles. The Labute approximate surface area is 221 Å². The van der Waals surface area contributed by atoms with Gasteiger partial charge in [0.25, 0.3) is 5.56 Å². The fourth-order valence-electron chi connectivity index (χ4n) is 4.80. The average molecular weight is 568 g/mol. The second-order valence-corrected chi connectivity index (χ2v) is 13.3. The Morgan fingerprint density at radius 2 is 1.95 bits per heavy atom. The summed E-state index contributed by atoms with van der Waals surface area (Å²) in [6, 6.07) is 4.52. The molecule has 1 fully saturated rings. The quantitative estimate of drug-likeness (QED) is 0.352. The van der Waals surface area contributed by atoms with E-state index >= 15 is 0 Å². The monoisotopic (exact) mass is 567 g/mol. The van der Waals surface area contributed by atoms with Crippen LogP contribution in [0.25, 0.3) is 22.4 Å². The molecule has 12 nitrogen and oxygen atoms in total. The number of aryl methyl sites for hydroxylation is 2. The fourth-order valence-corrected chi connectivity index (χ4v) is 7.46. The van der Waals surface area contributed by atoms with E-state index < -0.39 is 17.6 Å². The van der Waals surface area contributed by atoms with Crippen LogP contribution in [-0.2, 0) is 32.6 Å². The third-order valence-electron chi connectivity index (χ3n) is 6.74. The molecule has 0 aliphatic carbocycles. The Bertz CT molecular complexity index is 1530. The van der Waals surface area contributed by atoms with Gasteiger partial charge in [0.1, 0.15) is 17.1 Å². The summed E-state index contributed by atoms with van der Waals surface area (Å²) in [6.07, 6.45) is 2.37. The predicted molar refractivity (Wildman–Crippen MR) is 143 cm³/mol. The highest BCUT2D eigenvalue weighted by Gasteiger charge is 2.33. The van der Waals surface area contributed by atoms with E-state index in [2.05, 4.69) is 19.6 Å². The minimum absolute atomic E-state index is 0.000459. The topological polar surface area (TPSA) is 157 Å². The van der Waals surface area contributed by atoms with Crippen LogP contribution in [0, 0.1) is 5.92 Å². The molecule has 0 radical (unpaired) electrons. The number of fused-ring (bicyclic) bond motifs is 1. The van der Waals surface area contributed by atoms with Crippen LogP contribution in [0.5, 0.6) is 5.75 Å². The van der Waals surface area contributed by atoms with Crippen LogP contribution in [0.1, 0.15) is 38.8 Å². The zero-order valence-corrected chi connectivity index (χ0v) is 23.7. The summed E-state index contributed by atoms with van der Waals surface area (Å²) in [6.45, 7) is 4.60. The first kappa shape index (κ1) is 28.4. The van der Waals surface area contributed by atoms with E-state index in [1.54, 1.807) is 13.1 Å². The van der Waals surface area contributed by atoms with Gasteiger partial charge < -0.3 is 19.1 Å². The molecular formula is C24H34N5O7PS. The molecule has 1 atom stereocenters. The standard InChI is InChI=1S/C24H34N5O7PS/c1-5-7-19-21-22(28(3)27-19)24(30)26-23(25-21)18-14-17(8-9-20(18)36-6-2)38(33,34)29-12-10-16(11-13-29)15-37(31,32)35-4/h8-9,14,16H,5-7,10-13,15H2,1-4H3,(H,31,32)(H,25,26,30). The molecule has 1 aliphatic rings. The number of sulfonamides is 1. The van der Waals surface area contributed by atoms with Crippen molar-refractivity contribution in [2.45, 2.75) is 44.4 Å². The van der Waals surface area contributed by atoms with Gasteiger partial charge in [-0.25, -0.2) is 13.4 Å². The van der Waals surface area contributed by atoms with Crippen molar-refractivity contribution in [3.8, 4) is 17.1 Å². The predicted octanol–water partition coefficient (Wildman–Crippen LogP) is 2.91. The van der Waals surface area contributed by atoms with Gasteiger partial charge >= 0.3 is 7.60 Å². The highest BCUT2D eigenvalue weighted by atomic mass is 32.2. The first-order valence-electron chi connectivity index (χ1n) is 12.6. The molecule has 14 heteroatoms. The van der Waals surface area contributed by atoms with E-state index in [0.717, 1.165) is 6.42 Å². The summed E-state index contributed by atoms with van der Waals surface area (Å²) in [7, 11) is -4.66. The van der Waals surface area contributed by atoms with Gasteiger partial charge in [-0.05, 0) is 50.3 Å². The maximum absolute atomic E-state index is 13.6. The number of aromatic nitrogens is 4. The lowest BCUT2D eigenvalue weighted by atomic mass is 10.0. The van der Waals surface area contributed by atoms with Crippen LogP contribution in [0.4, 0.5) is 0 Å². The third-order valence-corrected chi connectivity index (χ3v) is 10.2. The van der Waals surface area contributed by atoms with Gasteiger partial charge in [-0.3, -0.25) is 14.0 Å². The first-order valence-corrected chi connectivity index (χ1v) is 15.8. The number of ether oxygens (including phenoxy) is 1. The second-order valence-electron chi connectivity index (χ2n) is 9.37. The number of hydrogen-bond acceptors (Lipinski definition) is 8. The van der Waals surface area contributed by atoms with Crippen LogP contribution < -0.4 is 10.3 Å². The molecule has 0 amide bonds. The lowest BCUT2D eigenvalue weighted by Gasteiger charge is -2.31. The maximum Gasteiger partial charge on any atom is 0.328 e. The molecule has 1 aromatic carbocycles. The smallest absolute Gasteiger partial charge is 0.328 e. The molecule has 0 saturated carbocycles. The SMILES string of the molecule is CCCc1nn(C)c2c(=O)[nH]c(-c3cc(S(=O)(=O)N4CCC(CP(=O)(O)OC)CC4)ccc3OCC)nc12. The van der Waals surface area contributed by atoms with Crippen molar-refractivity contribution >= 4 is 28.7 Å². The normalized spacial score (nSPS) is 17.1. The van der Waals surface area contributed by atoms with Crippen molar-refractivity contribution < 1.29 is 27.1 Å². The number of aromatic amines is 1. The van der Waals surface area contributed by atoms with Gasteiger partial charge in [-0.1, -0.05) is 13.3 Å². The van der Waals surface area contributed by atoms with Gasteiger partial charge in [-0.15, -0.1) is 0 Å². The molecule has 1 unspecified atom stereocenters. The molecule has 0 spiro atoms. The van der Waals surface area contributed by atoms with Crippen molar-refractivity contribution in [1.29, 1.82) is 0 Å². The van der Waals surface area contributed by atoms with Crippen LogP contribution in [-0.4, -0.2) is 70.3 Å². The van der Waals surface area contributed by atoms with E-state index in [1.807, 2.05) is 13.8 Å². The second kappa shape index (κ2) is 11.3. The number of nitrogens with one attached hydrogen (secondary N) is 1. The average Bonchev–Trinajstić information content (AvgIpc) is 3.20. The van der Waals surface area contributed by atoms with E-state index in [0.29, 0.717) is 53.9 Å². The van der Waals surface area contributed by atoms with Gasteiger partial charge in [0.05, 0.1) is 28.9 Å². The molecule has 1 aliphatic heterocycles. The van der Waals surface area contributed by atoms with Crippen LogP contribution >= 0.6 is 7.60 Å². The summed E-state index contributed by atoms with van der Waals surface area (Å²) in [5.74, 6) is 0.489. The minimum Gasteiger partial charge on any atom is -0.493 e. The summed E-state index contributed by atoms with van der Waals surface area (Å²) in [5, 5.41) is 4.44. The lowest BCUT2D eigenvalue weighted by Crippen LogP contribution is -2.39. The Hall–Kier alpha value is -2.57. The number of benzene rings is 1. The summed E-state index contributed by atoms with van der Waals surface area (Å²) >= 11 is 0. The van der Waals surface area contributed by atoms with Crippen molar-refractivity contribution in [3.63, 3.8) is 0 Å². The Kier molecular flexibility index (Phi) is 8.43. The molecule has 38 heavy (non-hydrogen) atoms. The molecular weight excluding hydrogens is 533 g/mol. The van der Waals surface area contributed by atoms with Crippen LogP contribution in [0.2, 0.25) is 0 Å². The van der Waals surface area contributed by atoms with Crippen LogP contribution in [0.15, 0.2) is 27.9 Å². The maximum atomic E-state index is 13.6. The molecule has 2 aromatic heterocycles. The molecule has 3 aromatic rings. The first-order chi connectivity index (χ1) is 18.0. The molecule has 2 N–H and O–H groups in total. The van der Waals surface area contributed by atoms with Gasteiger partial charge in [0.15, 0.2) is 5.52 Å². The number of rotatable bonds is 10. The highest BCUT2D eigenvalue weighted by molar-refractivity contribution is 7.89. The Morgan fingerprint density at radius 3 is 2.58 bits per heavy atom. The highest BCUT2D eigenvalue weighted by Crippen LogP contribution is 2.45. The number of hydrogen-bond donors (Lipinski definition) is 2. The number of nitrogens with zero attached hydrogens (tertiary/aromatic N) is 4. The van der Waals surface area contributed by atoms with Gasteiger partial charge in [-0.2, -0.15) is 9.40 Å². The molecule has 4 rings (SSSR count). The zero-order chi connectivity index (χ0) is 27.7. The van der Waals surface area contributed by atoms with E-state index in [-0.39, 0.29) is 41.4 Å². The molecule has 1 saturated heterocycles. The molecule has 0 bridgehead atoms. The Balaban J connectivity index is 1.70. The number of H-pyrrole nitrogens is 1. The van der Waals surface area contributed by atoms with Crippen molar-refractivity contribution in [3.05, 3.63) is 34.2 Å². The van der Waals surface area contributed by atoms with Crippen molar-refractivity contribution in [1.82, 2.24) is 24.1 Å². The largest absolute Gasteiger partial charge is 0.493 e. The van der Waals surface area contributed by atoms with Crippen molar-refractivity contribution in [2.24, 2.45) is 13.0 Å². The summed E-state index contributed by atoms with van der Waals surface area (Å²) in [4.78, 5) is 30.3. The zero-order valence-electron chi connectivity index (χ0n) is 22.0. The van der Waals surface area contributed by atoms with E-state index in [9.17, 15) is 22.7 Å². The van der Waals surface area contributed by atoms with Crippen LogP contribution in [0.3, 0.4) is 0 Å². The lowest BCUT2D eigenvalue weighted by molar-refractivity contribution is 0.265. The summed E-state index contributed by atoms with van der Waals surface area (Å²) in [5.41, 5.74) is 1.50. The van der Waals surface area contributed by atoms with Gasteiger partial charge in [0.2, 0.25) is 10.0 Å². The van der Waals surface area contributed by atoms with Gasteiger partial charge in [0, 0.05) is 27.2 Å². The fraction of sp³-hybridized carbons (Fsp3) is 0.542. The third kappa shape index (κ3) is 5.72.